The van der Waals surface area contributed by atoms with Gasteiger partial charge in [0.15, 0.2) is 0 Å². The second-order valence-corrected chi connectivity index (χ2v) is 9.53. The van der Waals surface area contributed by atoms with Crippen LogP contribution in [0.5, 0.6) is 0 Å². The average Bonchev–Trinajstić information content (AvgIpc) is 3.15. The van der Waals surface area contributed by atoms with Crippen molar-refractivity contribution in [2.75, 3.05) is 24.2 Å². The Balaban J connectivity index is 1.48. The Bertz CT molecular complexity index is 1160. The highest BCUT2D eigenvalue weighted by molar-refractivity contribution is 8.00. The van der Waals surface area contributed by atoms with E-state index in [1.807, 2.05) is 18.2 Å². The number of benzene rings is 3. The van der Waals surface area contributed by atoms with E-state index in [9.17, 15) is 13.2 Å². The van der Waals surface area contributed by atoms with Crippen LogP contribution in [0, 0.1) is 0 Å². The number of nitrogens with one attached hydrogen (secondary N) is 1. The molecule has 1 aliphatic heterocycles. The molecule has 0 saturated heterocycles. The Morgan fingerprint density at radius 1 is 1.07 bits per heavy atom. The molecule has 0 fully saturated rings. The fourth-order valence-electron chi connectivity index (χ4n) is 3.40. The van der Waals surface area contributed by atoms with Crippen LogP contribution in [0.3, 0.4) is 0 Å². The molecule has 7 heteroatoms. The van der Waals surface area contributed by atoms with Gasteiger partial charge in [-0.2, -0.15) is 0 Å². The molecule has 0 atom stereocenters. The fourth-order valence-corrected chi connectivity index (χ4v) is 5.00. The van der Waals surface area contributed by atoms with E-state index in [-0.39, 0.29) is 10.8 Å². The van der Waals surface area contributed by atoms with Gasteiger partial charge in [0.05, 0.1) is 10.6 Å². The summed E-state index contributed by atoms with van der Waals surface area (Å²) in [5.41, 5.74) is 1.69. The number of thioether (sulfide) groups is 1. The topological polar surface area (TPSA) is 66.5 Å². The molecule has 1 N–H and O–H groups in total. The molecule has 0 bridgehead atoms. The van der Waals surface area contributed by atoms with Crippen molar-refractivity contribution < 1.29 is 13.2 Å². The van der Waals surface area contributed by atoms with Crippen LogP contribution in [0.15, 0.2) is 70.5 Å². The summed E-state index contributed by atoms with van der Waals surface area (Å²) in [6.07, 6.45) is 0.661. The molecule has 0 saturated carbocycles. The number of anilines is 1. The normalized spacial score (nSPS) is 13.7. The van der Waals surface area contributed by atoms with E-state index < -0.39 is 10.0 Å². The molecule has 1 amide bonds. The van der Waals surface area contributed by atoms with E-state index >= 15 is 0 Å². The van der Waals surface area contributed by atoms with Gasteiger partial charge >= 0.3 is 0 Å². The van der Waals surface area contributed by atoms with Crippen LogP contribution in [0.4, 0.5) is 5.69 Å². The minimum absolute atomic E-state index is 0.0288. The number of fused-ring (bicyclic) bond motifs is 2. The van der Waals surface area contributed by atoms with Crippen LogP contribution < -0.4 is 9.62 Å². The molecule has 0 spiro atoms. The monoisotopic (exact) mass is 412 g/mol. The molecule has 0 aromatic heterocycles. The number of nitrogens with zero attached hydrogens (tertiary/aromatic N) is 1. The second-order valence-electron chi connectivity index (χ2n) is 6.59. The van der Waals surface area contributed by atoms with Crippen LogP contribution in [-0.4, -0.2) is 33.7 Å². The van der Waals surface area contributed by atoms with Crippen LogP contribution in [0.25, 0.3) is 10.8 Å². The molecule has 0 aliphatic carbocycles. The predicted octanol–water partition coefficient (Wildman–Crippen LogP) is 3.43. The van der Waals surface area contributed by atoms with E-state index in [2.05, 4.69) is 29.0 Å². The smallest absolute Gasteiger partial charge is 0.240 e. The minimum Gasteiger partial charge on any atom is -0.311 e. The van der Waals surface area contributed by atoms with Crippen LogP contribution >= 0.6 is 11.8 Å². The summed E-state index contributed by atoms with van der Waals surface area (Å²) in [4.78, 5) is 15.8. The Hall–Kier alpha value is -2.35. The molecule has 3 aromatic rings. The summed E-state index contributed by atoms with van der Waals surface area (Å²) in [5, 5.41) is 2.34. The SMILES string of the molecule is CNS(=O)(=O)c1ccc2c(c1)CCN2C(=O)CSc1ccc2ccccc2c1. The first-order valence-corrected chi connectivity index (χ1v) is 11.4. The number of carbonyl (C=O) groups is 1. The van der Waals surface area contributed by atoms with E-state index in [0.29, 0.717) is 18.7 Å². The van der Waals surface area contributed by atoms with Crippen molar-refractivity contribution in [2.45, 2.75) is 16.2 Å². The van der Waals surface area contributed by atoms with Gasteiger partial charge in [0.1, 0.15) is 0 Å². The molecule has 0 unspecified atom stereocenters. The zero-order valence-corrected chi connectivity index (χ0v) is 17.0. The van der Waals surface area contributed by atoms with Crippen molar-refractivity contribution in [3.63, 3.8) is 0 Å². The van der Waals surface area contributed by atoms with Gasteiger partial charge in [0, 0.05) is 17.1 Å². The Morgan fingerprint density at radius 2 is 1.86 bits per heavy atom. The third-order valence-corrected chi connectivity index (χ3v) is 7.30. The van der Waals surface area contributed by atoms with Crippen molar-refractivity contribution in [2.24, 2.45) is 0 Å². The lowest BCUT2D eigenvalue weighted by atomic mass is 10.1. The lowest BCUT2D eigenvalue weighted by Crippen LogP contribution is -2.30. The van der Waals surface area contributed by atoms with Gasteiger partial charge in [-0.25, -0.2) is 13.1 Å². The van der Waals surface area contributed by atoms with Crippen molar-refractivity contribution in [3.05, 3.63) is 66.2 Å². The Labute approximate surface area is 168 Å². The third kappa shape index (κ3) is 3.65. The first-order valence-electron chi connectivity index (χ1n) is 8.96. The Morgan fingerprint density at radius 3 is 2.64 bits per heavy atom. The van der Waals surface area contributed by atoms with E-state index in [1.54, 1.807) is 23.1 Å². The molecule has 28 heavy (non-hydrogen) atoms. The minimum atomic E-state index is -3.48. The average molecular weight is 413 g/mol. The van der Waals surface area contributed by atoms with Gasteiger partial charge in [-0.1, -0.05) is 30.3 Å². The molecule has 1 aliphatic rings. The van der Waals surface area contributed by atoms with E-state index in [0.717, 1.165) is 21.5 Å². The van der Waals surface area contributed by atoms with Crippen molar-refractivity contribution >= 4 is 44.2 Å². The van der Waals surface area contributed by atoms with Crippen LogP contribution in [0.2, 0.25) is 0 Å². The number of sulfonamides is 1. The summed E-state index contributed by atoms with van der Waals surface area (Å²) in [6.45, 7) is 0.579. The van der Waals surface area contributed by atoms with Crippen LogP contribution in [0.1, 0.15) is 5.56 Å². The molecule has 3 aromatic carbocycles. The number of hydrogen-bond donors (Lipinski definition) is 1. The maximum absolute atomic E-state index is 12.8. The quantitative estimate of drug-likeness (QED) is 0.652. The molecular weight excluding hydrogens is 392 g/mol. The van der Waals surface area contributed by atoms with Crippen molar-refractivity contribution in [1.29, 1.82) is 0 Å². The maximum atomic E-state index is 12.8. The van der Waals surface area contributed by atoms with Gasteiger partial charge in [0.2, 0.25) is 15.9 Å². The number of hydrogen-bond acceptors (Lipinski definition) is 4. The lowest BCUT2D eigenvalue weighted by Gasteiger charge is -2.17. The molecule has 144 valence electrons. The molecular formula is C21H20N2O3S2. The molecule has 0 radical (unpaired) electrons. The van der Waals surface area contributed by atoms with Gasteiger partial charge < -0.3 is 4.90 Å². The van der Waals surface area contributed by atoms with Crippen LogP contribution in [-0.2, 0) is 21.2 Å². The molecule has 5 nitrogen and oxygen atoms in total. The first-order chi connectivity index (χ1) is 13.5. The molecule has 4 rings (SSSR count). The zero-order valence-electron chi connectivity index (χ0n) is 15.4. The number of carbonyl (C=O) groups excluding carboxylic acids is 1. The second kappa shape index (κ2) is 7.58. The third-order valence-electron chi connectivity index (χ3n) is 4.91. The van der Waals surface area contributed by atoms with E-state index in [4.69, 9.17) is 0 Å². The molecule has 1 heterocycles. The largest absolute Gasteiger partial charge is 0.311 e. The fraction of sp³-hybridized carbons (Fsp3) is 0.190. The van der Waals surface area contributed by atoms with Crippen molar-refractivity contribution in [1.82, 2.24) is 4.72 Å². The summed E-state index contributed by atoms with van der Waals surface area (Å²) in [5.74, 6) is 0.370. The van der Waals surface area contributed by atoms with Crippen molar-refractivity contribution in [3.8, 4) is 0 Å². The summed E-state index contributed by atoms with van der Waals surface area (Å²) >= 11 is 1.52. The summed E-state index contributed by atoms with van der Waals surface area (Å²) in [7, 11) is -2.09. The summed E-state index contributed by atoms with van der Waals surface area (Å²) in [6, 6.07) is 19.3. The highest BCUT2D eigenvalue weighted by atomic mass is 32.2. The lowest BCUT2D eigenvalue weighted by molar-refractivity contribution is -0.116. The maximum Gasteiger partial charge on any atom is 0.240 e. The Kier molecular flexibility index (Phi) is 5.14. The highest BCUT2D eigenvalue weighted by Crippen LogP contribution is 2.31. The van der Waals surface area contributed by atoms with Gasteiger partial charge in [-0.15, -0.1) is 11.8 Å². The summed E-state index contributed by atoms with van der Waals surface area (Å²) < 4.78 is 26.3. The zero-order chi connectivity index (χ0) is 19.7. The van der Waals surface area contributed by atoms with Gasteiger partial charge in [-0.05, 0) is 60.1 Å². The van der Waals surface area contributed by atoms with Gasteiger partial charge in [-0.3, -0.25) is 4.79 Å². The number of amides is 1. The van der Waals surface area contributed by atoms with E-state index in [1.165, 1.54) is 24.2 Å². The standard InChI is InChI=1S/C21H20N2O3S2/c1-22-28(25,26)19-8-9-20-17(13-19)10-11-23(20)21(24)14-27-18-7-6-15-4-2-3-5-16(15)12-18/h2-9,12-13,22H,10-11,14H2,1H3. The first kappa shape index (κ1) is 19.0. The highest BCUT2D eigenvalue weighted by Gasteiger charge is 2.26. The number of rotatable bonds is 5. The van der Waals surface area contributed by atoms with Gasteiger partial charge in [0.25, 0.3) is 0 Å². The predicted molar refractivity (Wildman–Crippen MR) is 113 cm³/mol.